The largest absolute Gasteiger partial charge is 0.335 e. The van der Waals surface area contributed by atoms with E-state index in [9.17, 15) is 4.79 Å². The number of alkyl halides is 1. The van der Waals surface area contributed by atoms with E-state index in [0.29, 0.717) is 11.6 Å². The van der Waals surface area contributed by atoms with Crippen LogP contribution in [0.15, 0.2) is 6.20 Å². The number of aryl methyl sites for hydroxylation is 1. The summed E-state index contributed by atoms with van der Waals surface area (Å²) in [6.07, 6.45) is 3.88. The summed E-state index contributed by atoms with van der Waals surface area (Å²) >= 11 is 3.38. The quantitative estimate of drug-likeness (QED) is 0.848. The standard InChI is InChI=1S/C10H14BrN3O/c1-7-9(6-12-13-7)10(15)14(5-4-11)8-2-3-8/h6,8H,2-5H2,1H3,(H,12,13). The molecule has 0 radical (unpaired) electrons. The lowest BCUT2D eigenvalue weighted by Crippen LogP contribution is -2.34. The predicted octanol–water partition coefficient (Wildman–Crippen LogP) is 1.72. The van der Waals surface area contributed by atoms with Gasteiger partial charge < -0.3 is 4.90 Å². The van der Waals surface area contributed by atoms with Gasteiger partial charge in [-0.05, 0) is 19.8 Å². The Morgan fingerprint density at radius 2 is 2.47 bits per heavy atom. The second-order valence-electron chi connectivity index (χ2n) is 3.83. The van der Waals surface area contributed by atoms with E-state index in [4.69, 9.17) is 0 Å². The minimum absolute atomic E-state index is 0.100. The molecule has 1 heterocycles. The molecule has 0 spiro atoms. The highest BCUT2D eigenvalue weighted by molar-refractivity contribution is 9.09. The number of amides is 1. The van der Waals surface area contributed by atoms with E-state index in [1.165, 1.54) is 0 Å². The van der Waals surface area contributed by atoms with Crippen molar-refractivity contribution in [1.29, 1.82) is 0 Å². The molecule has 1 aromatic rings. The third-order valence-electron chi connectivity index (χ3n) is 2.63. The van der Waals surface area contributed by atoms with Crippen LogP contribution in [0.25, 0.3) is 0 Å². The first-order valence-electron chi connectivity index (χ1n) is 5.11. The molecule has 4 nitrogen and oxygen atoms in total. The summed E-state index contributed by atoms with van der Waals surface area (Å²) < 4.78 is 0. The average Bonchev–Trinajstić information content (AvgIpc) is 2.97. The van der Waals surface area contributed by atoms with E-state index in [0.717, 1.165) is 30.4 Å². The molecular formula is C10H14BrN3O. The Bertz CT molecular complexity index is 359. The van der Waals surface area contributed by atoms with Gasteiger partial charge in [0, 0.05) is 23.6 Å². The zero-order valence-electron chi connectivity index (χ0n) is 8.66. The van der Waals surface area contributed by atoms with Gasteiger partial charge >= 0.3 is 0 Å². The van der Waals surface area contributed by atoms with E-state index in [2.05, 4.69) is 26.1 Å². The number of aromatic nitrogens is 2. The number of H-pyrrole nitrogens is 1. The van der Waals surface area contributed by atoms with Crippen LogP contribution in [0.2, 0.25) is 0 Å². The molecule has 2 rings (SSSR count). The number of halogens is 1. The van der Waals surface area contributed by atoms with Crippen LogP contribution in [0.1, 0.15) is 28.9 Å². The van der Waals surface area contributed by atoms with Crippen molar-refractivity contribution in [2.24, 2.45) is 0 Å². The molecule has 1 N–H and O–H groups in total. The minimum atomic E-state index is 0.100. The van der Waals surface area contributed by atoms with Crippen molar-refractivity contribution in [1.82, 2.24) is 15.1 Å². The van der Waals surface area contributed by atoms with Gasteiger partial charge in [-0.25, -0.2) is 0 Å². The summed E-state index contributed by atoms with van der Waals surface area (Å²) in [6, 6.07) is 0.448. The molecule has 82 valence electrons. The van der Waals surface area contributed by atoms with Crippen molar-refractivity contribution in [3.8, 4) is 0 Å². The van der Waals surface area contributed by atoms with Crippen LogP contribution in [0.3, 0.4) is 0 Å². The third kappa shape index (κ3) is 2.22. The Balaban J connectivity index is 2.14. The number of carbonyl (C=O) groups is 1. The zero-order valence-corrected chi connectivity index (χ0v) is 10.2. The zero-order chi connectivity index (χ0) is 10.8. The number of rotatable bonds is 4. The third-order valence-corrected chi connectivity index (χ3v) is 2.99. The molecule has 1 amide bonds. The van der Waals surface area contributed by atoms with Gasteiger partial charge in [0.25, 0.3) is 5.91 Å². The molecule has 0 unspecified atom stereocenters. The lowest BCUT2D eigenvalue weighted by atomic mass is 10.2. The van der Waals surface area contributed by atoms with Crippen molar-refractivity contribution < 1.29 is 4.79 Å². The van der Waals surface area contributed by atoms with E-state index in [-0.39, 0.29) is 5.91 Å². The summed E-state index contributed by atoms with van der Waals surface area (Å²) in [7, 11) is 0. The monoisotopic (exact) mass is 271 g/mol. The van der Waals surface area contributed by atoms with Gasteiger partial charge in [0.05, 0.1) is 11.8 Å². The minimum Gasteiger partial charge on any atom is -0.335 e. The van der Waals surface area contributed by atoms with Crippen LogP contribution in [-0.4, -0.2) is 38.9 Å². The van der Waals surface area contributed by atoms with Crippen LogP contribution >= 0.6 is 15.9 Å². The maximum absolute atomic E-state index is 12.1. The topological polar surface area (TPSA) is 49.0 Å². The fraction of sp³-hybridized carbons (Fsp3) is 0.600. The summed E-state index contributed by atoms with van der Waals surface area (Å²) in [5, 5.41) is 7.50. The SMILES string of the molecule is Cc1[nH]ncc1C(=O)N(CCBr)C1CC1. The number of hydrogen-bond acceptors (Lipinski definition) is 2. The average molecular weight is 272 g/mol. The Hall–Kier alpha value is -0.840. The van der Waals surface area contributed by atoms with Crippen molar-refractivity contribution in [3.05, 3.63) is 17.5 Å². The summed E-state index contributed by atoms with van der Waals surface area (Å²) in [5.41, 5.74) is 1.54. The molecule has 0 aromatic carbocycles. The molecule has 0 aliphatic heterocycles. The van der Waals surface area contributed by atoms with Crippen LogP contribution in [0.4, 0.5) is 0 Å². The number of carbonyl (C=O) groups excluding carboxylic acids is 1. The fourth-order valence-corrected chi connectivity index (χ4v) is 2.03. The molecule has 1 aliphatic carbocycles. The molecule has 0 saturated heterocycles. The smallest absolute Gasteiger partial charge is 0.257 e. The number of aromatic amines is 1. The van der Waals surface area contributed by atoms with Gasteiger partial charge in [0.2, 0.25) is 0 Å². The Morgan fingerprint density at radius 3 is 2.93 bits per heavy atom. The molecule has 1 saturated carbocycles. The molecule has 15 heavy (non-hydrogen) atoms. The van der Waals surface area contributed by atoms with Crippen molar-refractivity contribution in [2.45, 2.75) is 25.8 Å². The van der Waals surface area contributed by atoms with Crippen LogP contribution in [0, 0.1) is 6.92 Å². The molecule has 5 heteroatoms. The Morgan fingerprint density at radius 1 is 1.73 bits per heavy atom. The lowest BCUT2D eigenvalue weighted by molar-refractivity contribution is 0.0754. The molecular weight excluding hydrogens is 258 g/mol. The first-order chi connectivity index (χ1) is 7.24. The highest BCUT2D eigenvalue weighted by atomic mass is 79.9. The maximum atomic E-state index is 12.1. The second-order valence-corrected chi connectivity index (χ2v) is 4.62. The van der Waals surface area contributed by atoms with Gasteiger partial charge in [0.15, 0.2) is 0 Å². The maximum Gasteiger partial charge on any atom is 0.257 e. The summed E-state index contributed by atoms with van der Waals surface area (Å²) in [4.78, 5) is 14.1. The number of nitrogens with one attached hydrogen (secondary N) is 1. The second kappa shape index (κ2) is 4.35. The van der Waals surface area contributed by atoms with Crippen molar-refractivity contribution in [3.63, 3.8) is 0 Å². The summed E-state index contributed by atoms with van der Waals surface area (Å²) in [6.45, 7) is 2.65. The van der Waals surface area contributed by atoms with Crippen LogP contribution in [-0.2, 0) is 0 Å². The van der Waals surface area contributed by atoms with Gasteiger partial charge in [-0.2, -0.15) is 5.10 Å². The van der Waals surface area contributed by atoms with Crippen molar-refractivity contribution in [2.75, 3.05) is 11.9 Å². The highest BCUT2D eigenvalue weighted by Crippen LogP contribution is 2.28. The molecule has 0 atom stereocenters. The van der Waals surface area contributed by atoms with Crippen LogP contribution in [0.5, 0.6) is 0 Å². The van der Waals surface area contributed by atoms with Gasteiger partial charge in [-0.15, -0.1) is 0 Å². The number of nitrogens with zero attached hydrogens (tertiary/aromatic N) is 2. The fourth-order valence-electron chi connectivity index (χ4n) is 1.65. The van der Waals surface area contributed by atoms with Gasteiger partial charge in [0.1, 0.15) is 0 Å². The van der Waals surface area contributed by atoms with Crippen LogP contribution < -0.4 is 0 Å². The van der Waals surface area contributed by atoms with E-state index < -0.39 is 0 Å². The first-order valence-corrected chi connectivity index (χ1v) is 6.23. The summed E-state index contributed by atoms with van der Waals surface area (Å²) in [5.74, 6) is 0.100. The van der Waals surface area contributed by atoms with Crippen molar-refractivity contribution >= 4 is 21.8 Å². The van der Waals surface area contributed by atoms with E-state index in [1.807, 2.05) is 11.8 Å². The first kappa shape index (κ1) is 10.7. The highest BCUT2D eigenvalue weighted by Gasteiger charge is 2.33. The predicted molar refractivity (Wildman–Crippen MR) is 61.2 cm³/mol. The number of hydrogen-bond donors (Lipinski definition) is 1. The lowest BCUT2D eigenvalue weighted by Gasteiger charge is -2.20. The molecule has 0 bridgehead atoms. The molecule has 1 aliphatic rings. The molecule has 1 aromatic heterocycles. The Labute approximate surface area is 97.2 Å². The molecule has 1 fully saturated rings. The van der Waals surface area contributed by atoms with Gasteiger partial charge in [-0.1, -0.05) is 15.9 Å². The Kier molecular flexibility index (Phi) is 3.09. The van der Waals surface area contributed by atoms with Gasteiger partial charge in [-0.3, -0.25) is 9.89 Å². The van der Waals surface area contributed by atoms with E-state index >= 15 is 0 Å². The van der Waals surface area contributed by atoms with E-state index in [1.54, 1.807) is 6.20 Å². The normalized spacial score (nSPS) is 15.3.